The summed E-state index contributed by atoms with van der Waals surface area (Å²) < 4.78 is 5.63. The molecule has 3 unspecified atom stereocenters. The van der Waals surface area contributed by atoms with Crippen LogP contribution in [0.25, 0.3) is 0 Å². The van der Waals surface area contributed by atoms with Crippen molar-refractivity contribution in [2.24, 2.45) is 11.3 Å². The van der Waals surface area contributed by atoms with Crippen LogP contribution in [-0.2, 0) is 9.53 Å². The molecule has 2 heteroatoms. The second kappa shape index (κ2) is 3.47. The Morgan fingerprint density at radius 3 is 2.76 bits per heavy atom. The van der Waals surface area contributed by atoms with Gasteiger partial charge in [-0.3, -0.25) is 0 Å². The zero-order valence-corrected chi connectivity index (χ0v) is 10.9. The normalized spacial score (nSPS) is 40.6. The molecule has 2 nitrogen and oxygen atoms in total. The summed E-state index contributed by atoms with van der Waals surface area (Å²) in [6.45, 7) is 6.46. The van der Waals surface area contributed by atoms with Gasteiger partial charge in [0.25, 0.3) is 0 Å². The number of rotatable bonds is 0. The van der Waals surface area contributed by atoms with Crippen LogP contribution in [0.5, 0.6) is 0 Å². The number of carbonyl (C=O) groups is 1. The van der Waals surface area contributed by atoms with E-state index in [1.807, 2.05) is 6.92 Å². The summed E-state index contributed by atoms with van der Waals surface area (Å²) in [7, 11) is 0. The first kappa shape index (κ1) is 11.1. The average Bonchev–Trinajstić information content (AvgIpc) is 2.56. The summed E-state index contributed by atoms with van der Waals surface area (Å²) in [6.07, 6.45) is 6.85. The van der Waals surface area contributed by atoms with Crippen molar-refractivity contribution >= 4 is 5.97 Å². The minimum atomic E-state index is -0.101. The van der Waals surface area contributed by atoms with Crippen molar-refractivity contribution in [2.45, 2.75) is 52.6 Å². The van der Waals surface area contributed by atoms with Crippen LogP contribution in [-0.4, -0.2) is 12.1 Å². The summed E-state index contributed by atoms with van der Waals surface area (Å²) in [6, 6.07) is 0. The van der Waals surface area contributed by atoms with Crippen molar-refractivity contribution in [2.75, 3.05) is 0 Å². The Hall–Kier alpha value is -1.05. The summed E-state index contributed by atoms with van der Waals surface area (Å²) in [5, 5.41) is 0. The highest BCUT2D eigenvalue weighted by molar-refractivity contribution is 5.90. The highest BCUT2D eigenvalue weighted by Gasteiger charge is 2.50. The molecular weight excluding hydrogens is 212 g/mol. The lowest BCUT2D eigenvalue weighted by Crippen LogP contribution is -2.38. The van der Waals surface area contributed by atoms with Gasteiger partial charge in [-0.2, -0.15) is 0 Å². The fourth-order valence-corrected chi connectivity index (χ4v) is 3.84. The van der Waals surface area contributed by atoms with Crippen LogP contribution in [0.15, 0.2) is 22.8 Å². The number of ether oxygens (including phenoxy) is 1. The molecule has 3 rings (SSSR count). The zero-order chi connectivity index (χ0) is 12.2. The van der Waals surface area contributed by atoms with Crippen molar-refractivity contribution in [3.63, 3.8) is 0 Å². The molecule has 1 heterocycles. The Kier molecular flexibility index (Phi) is 2.26. The van der Waals surface area contributed by atoms with E-state index in [1.54, 1.807) is 0 Å². The van der Waals surface area contributed by atoms with Gasteiger partial charge in [-0.15, -0.1) is 0 Å². The third kappa shape index (κ3) is 1.50. The molecule has 0 aromatic carbocycles. The van der Waals surface area contributed by atoms with E-state index in [1.165, 1.54) is 24.0 Å². The van der Waals surface area contributed by atoms with Crippen LogP contribution < -0.4 is 0 Å². The number of hydrogen-bond donors (Lipinski definition) is 0. The van der Waals surface area contributed by atoms with Gasteiger partial charge in [0.05, 0.1) is 0 Å². The van der Waals surface area contributed by atoms with Crippen molar-refractivity contribution < 1.29 is 9.53 Å². The van der Waals surface area contributed by atoms with Gasteiger partial charge >= 0.3 is 5.97 Å². The first-order chi connectivity index (χ1) is 8.01. The molecule has 0 radical (unpaired) electrons. The second-order valence-corrected chi connectivity index (χ2v) is 6.16. The molecule has 0 N–H and O–H groups in total. The molecule has 0 saturated heterocycles. The highest BCUT2D eigenvalue weighted by atomic mass is 16.5. The summed E-state index contributed by atoms with van der Waals surface area (Å²) in [5.74, 6) is 0.342. The molecule has 0 bridgehead atoms. The Balaban J connectivity index is 2.13. The predicted molar refractivity (Wildman–Crippen MR) is 66.4 cm³/mol. The lowest BCUT2D eigenvalue weighted by Gasteiger charge is -2.37. The maximum atomic E-state index is 11.9. The maximum absolute atomic E-state index is 11.9. The van der Waals surface area contributed by atoms with Crippen LogP contribution in [0.3, 0.4) is 0 Å². The Labute approximate surface area is 103 Å². The minimum Gasteiger partial charge on any atom is -0.454 e. The van der Waals surface area contributed by atoms with Gasteiger partial charge in [-0.25, -0.2) is 4.79 Å². The van der Waals surface area contributed by atoms with Crippen molar-refractivity contribution in [3.05, 3.63) is 22.8 Å². The van der Waals surface area contributed by atoms with Crippen LogP contribution in [0.1, 0.15) is 46.5 Å². The molecule has 1 saturated carbocycles. The molecule has 17 heavy (non-hydrogen) atoms. The molecular formula is C15H20O2. The van der Waals surface area contributed by atoms with E-state index in [9.17, 15) is 4.79 Å². The van der Waals surface area contributed by atoms with Gasteiger partial charge in [-0.1, -0.05) is 18.1 Å². The summed E-state index contributed by atoms with van der Waals surface area (Å²) in [5.41, 5.74) is 3.95. The lowest BCUT2D eigenvalue weighted by molar-refractivity contribution is -0.147. The monoisotopic (exact) mass is 232 g/mol. The third-order valence-corrected chi connectivity index (χ3v) is 4.99. The van der Waals surface area contributed by atoms with Gasteiger partial charge in [0.15, 0.2) is 0 Å². The Morgan fingerprint density at radius 2 is 2.00 bits per heavy atom. The molecule has 2 aliphatic carbocycles. The minimum absolute atomic E-state index is 0.00352. The smallest absolute Gasteiger partial charge is 0.334 e. The van der Waals surface area contributed by atoms with Gasteiger partial charge in [0, 0.05) is 11.5 Å². The van der Waals surface area contributed by atoms with Gasteiger partial charge in [0.2, 0.25) is 0 Å². The first-order valence-corrected chi connectivity index (χ1v) is 6.59. The van der Waals surface area contributed by atoms with Crippen molar-refractivity contribution in [3.8, 4) is 0 Å². The fourth-order valence-electron chi connectivity index (χ4n) is 3.84. The van der Waals surface area contributed by atoms with Crippen LogP contribution >= 0.6 is 0 Å². The lowest BCUT2D eigenvalue weighted by atomic mass is 9.72. The van der Waals surface area contributed by atoms with E-state index >= 15 is 0 Å². The van der Waals surface area contributed by atoms with Crippen molar-refractivity contribution in [1.82, 2.24) is 0 Å². The first-order valence-electron chi connectivity index (χ1n) is 6.59. The molecule has 1 aliphatic heterocycles. The van der Waals surface area contributed by atoms with Crippen molar-refractivity contribution in [1.29, 1.82) is 0 Å². The largest absolute Gasteiger partial charge is 0.454 e. The van der Waals surface area contributed by atoms with E-state index in [4.69, 9.17) is 4.74 Å². The Bertz CT molecular complexity index is 444. The van der Waals surface area contributed by atoms with E-state index in [0.717, 1.165) is 18.4 Å². The molecule has 0 amide bonds. The SMILES string of the molecule is CC1=CC2OC(=O)C(C)=C3CCC(C)(CC1)C32. The predicted octanol–water partition coefficient (Wildman–Crippen LogP) is 3.38. The topological polar surface area (TPSA) is 26.3 Å². The van der Waals surface area contributed by atoms with Gasteiger partial charge in [0.1, 0.15) is 6.10 Å². The molecule has 3 aliphatic rings. The molecule has 0 spiro atoms. The van der Waals surface area contributed by atoms with E-state index in [2.05, 4.69) is 19.9 Å². The second-order valence-electron chi connectivity index (χ2n) is 6.16. The Morgan fingerprint density at radius 1 is 1.29 bits per heavy atom. The number of allylic oxidation sites excluding steroid dienone is 1. The standard InChI is InChI=1S/C15H20O2/c1-9-4-6-15(3)7-5-11-10(2)14(16)17-12(8-9)13(11)15/h8,12-13H,4-7H2,1-3H3. The van der Waals surface area contributed by atoms with Crippen LogP contribution in [0, 0.1) is 11.3 Å². The van der Waals surface area contributed by atoms with Crippen LogP contribution in [0.2, 0.25) is 0 Å². The average molecular weight is 232 g/mol. The maximum Gasteiger partial charge on any atom is 0.334 e. The molecule has 0 aromatic heterocycles. The molecule has 3 atom stereocenters. The van der Waals surface area contributed by atoms with Gasteiger partial charge in [-0.05, 0) is 51.0 Å². The summed E-state index contributed by atoms with van der Waals surface area (Å²) in [4.78, 5) is 11.9. The quantitative estimate of drug-likeness (QED) is 0.472. The molecule has 0 aromatic rings. The van der Waals surface area contributed by atoms with Gasteiger partial charge < -0.3 is 4.74 Å². The number of esters is 1. The third-order valence-electron chi connectivity index (χ3n) is 4.99. The van der Waals surface area contributed by atoms with E-state index < -0.39 is 0 Å². The number of hydrogen-bond acceptors (Lipinski definition) is 2. The summed E-state index contributed by atoms with van der Waals surface area (Å²) >= 11 is 0. The highest BCUT2D eigenvalue weighted by Crippen LogP contribution is 2.56. The zero-order valence-electron chi connectivity index (χ0n) is 10.9. The molecule has 92 valence electrons. The number of carbonyl (C=O) groups excluding carboxylic acids is 1. The molecule has 1 fully saturated rings. The van der Waals surface area contributed by atoms with Crippen LogP contribution in [0.4, 0.5) is 0 Å². The van der Waals surface area contributed by atoms with E-state index in [-0.39, 0.29) is 12.1 Å². The fraction of sp³-hybridized carbons (Fsp3) is 0.667. The van der Waals surface area contributed by atoms with E-state index in [0.29, 0.717) is 11.3 Å².